The van der Waals surface area contributed by atoms with Crippen LogP contribution in [-0.2, 0) is 12.0 Å². The van der Waals surface area contributed by atoms with Crippen molar-refractivity contribution < 1.29 is 8.78 Å². The first-order valence-electron chi connectivity index (χ1n) is 6.33. The molecule has 2 aromatic rings. The Bertz CT molecular complexity index is 551. The minimum absolute atomic E-state index is 0.270. The van der Waals surface area contributed by atoms with Crippen LogP contribution in [0.1, 0.15) is 24.5 Å². The molecule has 0 amide bonds. The molecule has 1 atom stereocenters. The normalized spacial score (nSPS) is 14.1. The quantitative estimate of drug-likeness (QED) is 0.890. The Labute approximate surface area is 112 Å². The maximum atomic E-state index is 13.3. The predicted octanol–water partition coefficient (Wildman–Crippen LogP) is 3.77. The van der Waals surface area contributed by atoms with Crippen molar-refractivity contribution in [1.82, 2.24) is 0 Å². The summed E-state index contributed by atoms with van der Waals surface area (Å²) in [6.07, 6.45) is 1.22. The largest absolute Gasteiger partial charge is 0.321 e. The molecule has 0 bridgehead atoms. The van der Waals surface area contributed by atoms with E-state index in [1.54, 1.807) is 18.2 Å². The topological polar surface area (TPSA) is 26.0 Å². The van der Waals surface area contributed by atoms with Crippen molar-refractivity contribution in [1.29, 1.82) is 0 Å². The molecule has 3 heteroatoms. The number of hydrogen-bond donors (Lipinski definition) is 1. The van der Waals surface area contributed by atoms with E-state index in [2.05, 4.69) is 0 Å². The monoisotopic (exact) mass is 261 g/mol. The Balaban J connectivity index is 2.30. The van der Waals surface area contributed by atoms with Gasteiger partial charge in [-0.1, -0.05) is 31.2 Å². The Morgan fingerprint density at radius 1 is 1.00 bits per heavy atom. The number of nitrogens with two attached hydrogens (primary N) is 1. The van der Waals surface area contributed by atoms with Gasteiger partial charge >= 0.3 is 0 Å². The van der Waals surface area contributed by atoms with Crippen LogP contribution in [0.4, 0.5) is 8.78 Å². The average molecular weight is 261 g/mol. The van der Waals surface area contributed by atoms with Gasteiger partial charge in [0.2, 0.25) is 0 Å². The Morgan fingerprint density at radius 2 is 1.68 bits per heavy atom. The highest BCUT2D eigenvalue weighted by molar-refractivity contribution is 5.29. The van der Waals surface area contributed by atoms with Crippen molar-refractivity contribution in [2.24, 2.45) is 5.73 Å². The fraction of sp³-hybridized carbons (Fsp3) is 0.250. The first-order valence-corrected chi connectivity index (χ1v) is 6.33. The van der Waals surface area contributed by atoms with E-state index >= 15 is 0 Å². The van der Waals surface area contributed by atoms with Crippen LogP contribution in [0, 0.1) is 11.6 Å². The fourth-order valence-electron chi connectivity index (χ4n) is 2.20. The third-order valence-electron chi connectivity index (χ3n) is 3.46. The van der Waals surface area contributed by atoms with E-state index in [0.717, 1.165) is 11.1 Å². The summed E-state index contributed by atoms with van der Waals surface area (Å²) in [6, 6.07) is 12.6. The highest BCUT2D eigenvalue weighted by Crippen LogP contribution is 2.27. The molecule has 0 saturated carbocycles. The molecule has 0 aromatic heterocycles. The van der Waals surface area contributed by atoms with Crippen LogP contribution in [0.15, 0.2) is 48.5 Å². The van der Waals surface area contributed by atoms with Gasteiger partial charge in [-0.05, 0) is 48.2 Å². The fourth-order valence-corrected chi connectivity index (χ4v) is 2.20. The van der Waals surface area contributed by atoms with Crippen LogP contribution in [0.25, 0.3) is 0 Å². The van der Waals surface area contributed by atoms with Crippen LogP contribution in [0.5, 0.6) is 0 Å². The van der Waals surface area contributed by atoms with Gasteiger partial charge in [0.25, 0.3) is 0 Å². The highest BCUT2D eigenvalue weighted by Gasteiger charge is 2.26. The molecule has 2 N–H and O–H groups in total. The van der Waals surface area contributed by atoms with Crippen molar-refractivity contribution >= 4 is 0 Å². The second-order valence-corrected chi connectivity index (χ2v) is 4.82. The maximum Gasteiger partial charge on any atom is 0.123 e. The highest BCUT2D eigenvalue weighted by atomic mass is 19.1. The SMILES string of the molecule is CCC(N)(Cc1ccc(F)cc1)c1cccc(F)c1. The Kier molecular flexibility index (Phi) is 3.96. The lowest BCUT2D eigenvalue weighted by Gasteiger charge is -2.29. The second-order valence-electron chi connectivity index (χ2n) is 4.82. The lowest BCUT2D eigenvalue weighted by molar-refractivity contribution is 0.422. The number of rotatable bonds is 4. The van der Waals surface area contributed by atoms with Gasteiger partial charge < -0.3 is 5.73 Å². The lowest BCUT2D eigenvalue weighted by Crippen LogP contribution is -2.38. The lowest BCUT2D eigenvalue weighted by atomic mass is 9.82. The summed E-state index contributed by atoms with van der Waals surface area (Å²) in [7, 11) is 0. The van der Waals surface area contributed by atoms with Crippen molar-refractivity contribution in [3.8, 4) is 0 Å². The van der Waals surface area contributed by atoms with Gasteiger partial charge in [0.05, 0.1) is 0 Å². The third-order valence-corrected chi connectivity index (χ3v) is 3.46. The molecule has 1 unspecified atom stereocenters. The van der Waals surface area contributed by atoms with Gasteiger partial charge in [-0.2, -0.15) is 0 Å². The summed E-state index contributed by atoms with van der Waals surface area (Å²) in [4.78, 5) is 0. The number of benzene rings is 2. The molecular weight excluding hydrogens is 244 g/mol. The predicted molar refractivity (Wildman–Crippen MR) is 72.7 cm³/mol. The summed E-state index contributed by atoms with van der Waals surface area (Å²) in [6.45, 7) is 1.97. The molecule has 2 rings (SSSR count). The number of halogens is 2. The first-order chi connectivity index (χ1) is 9.03. The van der Waals surface area contributed by atoms with Gasteiger partial charge in [0, 0.05) is 5.54 Å². The average Bonchev–Trinajstić information content (AvgIpc) is 2.41. The molecule has 2 aromatic carbocycles. The van der Waals surface area contributed by atoms with Gasteiger partial charge in [0.1, 0.15) is 11.6 Å². The molecule has 0 aliphatic rings. The van der Waals surface area contributed by atoms with Crippen molar-refractivity contribution in [2.75, 3.05) is 0 Å². The van der Waals surface area contributed by atoms with Crippen molar-refractivity contribution in [3.05, 3.63) is 71.3 Å². The minimum atomic E-state index is -0.639. The van der Waals surface area contributed by atoms with E-state index in [0.29, 0.717) is 12.8 Å². The summed E-state index contributed by atoms with van der Waals surface area (Å²) >= 11 is 0. The standard InChI is InChI=1S/C16H17F2N/c1-2-16(19,13-4-3-5-15(18)10-13)11-12-6-8-14(17)9-7-12/h3-10H,2,11,19H2,1H3. The molecule has 0 aliphatic heterocycles. The Hall–Kier alpha value is -1.74. The molecular formula is C16H17F2N. The zero-order valence-corrected chi connectivity index (χ0v) is 10.9. The molecule has 19 heavy (non-hydrogen) atoms. The van der Waals surface area contributed by atoms with Crippen LogP contribution in [0.3, 0.4) is 0 Å². The molecule has 0 spiro atoms. The van der Waals surface area contributed by atoms with Crippen LogP contribution >= 0.6 is 0 Å². The summed E-state index contributed by atoms with van der Waals surface area (Å²) in [5.74, 6) is -0.562. The molecule has 0 aliphatic carbocycles. The molecule has 1 nitrogen and oxygen atoms in total. The molecule has 0 saturated heterocycles. The van der Waals surface area contributed by atoms with Crippen molar-refractivity contribution in [3.63, 3.8) is 0 Å². The smallest absolute Gasteiger partial charge is 0.123 e. The van der Waals surface area contributed by atoms with E-state index in [1.165, 1.54) is 24.3 Å². The summed E-state index contributed by atoms with van der Waals surface area (Å²) in [5, 5.41) is 0. The molecule has 100 valence electrons. The molecule has 0 heterocycles. The second kappa shape index (κ2) is 5.49. The van der Waals surface area contributed by atoms with E-state index in [1.807, 2.05) is 13.0 Å². The van der Waals surface area contributed by atoms with Crippen LogP contribution in [0.2, 0.25) is 0 Å². The summed E-state index contributed by atoms with van der Waals surface area (Å²) in [5.41, 5.74) is 7.46. The van der Waals surface area contributed by atoms with Gasteiger partial charge in [0.15, 0.2) is 0 Å². The minimum Gasteiger partial charge on any atom is -0.321 e. The van der Waals surface area contributed by atoms with E-state index in [9.17, 15) is 8.78 Å². The van der Waals surface area contributed by atoms with Crippen LogP contribution in [-0.4, -0.2) is 0 Å². The zero-order valence-electron chi connectivity index (χ0n) is 10.9. The molecule has 0 fully saturated rings. The van der Waals surface area contributed by atoms with E-state index in [-0.39, 0.29) is 11.6 Å². The number of hydrogen-bond acceptors (Lipinski definition) is 1. The first kappa shape index (κ1) is 13.7. The van der Waals surface area contributed by atoms with Gasteiger partial charge in [-0.25, -0.2) is 8.78 Å². The third kappa shape index (κ3) is 3.18. The van der Waals surface area contributed by atoms with Gasteiger partial charge in [-0.15, -0.1) is 0 Å². The molecule has 0 radical (unpaired) electrons. The summed E-state index contributed by atoms with van der Waals surface area (Å²) < 4.78 is 26.2. The van der Waals surface area contributed by atoms with Gasteiger partial charge in [-0.3, -0.25) is 0 Å². The Morgan fingerprint density at radius 3 is 2.26 bits per heavy atom. The van der Waals surface area contributed by atoms with E-state index < -0.39 is 5.54 Å². The van der Waals surface area contributed by atoms with E-state index in [4.69, 9.17) is 5.73 Å². The van der Waals surface area contributed by atoms with Crippen molar-refractivity contribution in [2.45, 2.75) is 25.3 Å². The van der Waals surface area contributed by atoms with Crippen LogP contribution < -0.4 is 5.73 Å². The zero-order chi connectivity index (χ0) is 13.9. The maximum absolute atomic E-state index is 13.3.